The van der Waals surface area contributed by atoms with Crippen molar-refractivity contribution in [2.24, 2.45) is 5.41 Å². The first-order valence-corrected chi connectivity index (χ1v) is 10.2. The number of aryl methyl sites for hydroxylation is 2. The van der Waals surface area contributed by atoms with Gasteiger partial charge in [0.2, 0.25) is 5.91 Å². The van der Waals surface area contributed by atoms with Crippen LogP contribution >= 0.6 is 0 Å². The summed E-state index contributed by atoms with van der Waals surface area (Å²) >= 11 is 0. The topological polar surface area (TPSA) is 62.2 Å². The van der Waals surface area contributed by atoms with E-state index in [9.17, 15) is 4.79 Å². The van der Waals surface area contributed by atoms with Gasteiger partial charge in [-0.25, -0.2) is 9.97 Å². The van der Waals surface area contributed by atoms with Gasteiger partial charge in [0.05, 0.1) is 0 Å². The third kappa shape index (κ3) is 3.73. The number of carbonyl (C=O) groups is 1. The summed E-state index contributed by atoms with van der Waals surface area (Å²) in [7, 11) is 0. The average molecular weight is 380 g/mol. The highest BCUT2D eigenvalue weighted by atomic mass is 16.2. The Balaban J connectivity index is 1.45. The summed E-state index contributed by atoms with van der Waals surface area (Å²) < 4.78 is 0. The molecule has 0 N–H and O–H groups in total. The Morgan fingerprint density at radius 3 is 2.61 bits per heavy atom. The smallest absolute Gasteiger partial charge is 0.222 e. The zero-order valence-corrected chi connectivity index (χ0v) is 17.1. The lowest BCUT2D eigenvalue weighted by Crippen LogP contribution is -2.51. The summed E-state index contributed by atoms with van der Waals surface area (Å²) in [5.74, 6) is 2.19. The minimum atomic E-state index is 0.234. The Bertz CT molecular complexity index is 859. The van der Waals surface area contributed by atoms with Crippen LogP contribution in [-0.2, 0) is 11.3 Å². The molecule has 2 aliphatic heterocycles. The van der Waals surface area contributed by atoms with Crippen LogP contribution < -0.4 is 4.90 Å². The van der Waals surface area contributed by atoms with Crippen LogP contribution in [-0.4, -0.2) is 45.4 Å². The van der Waals surface area contributed by atoms with Crippen molar-refractivity contribution in [3.63, 3.8) is 0 Å². The average Bonchev–Trinajstić information content (AvgIpc) is 2.69. The molecule has 0 unspecified atom stereocenters. The van der Waals surface area contributed by atoms with E-state index in [1.165, 1.54) is 5.56 Å². The Morgan fingerprint density at radius 2 is 1.89 bits per heavy atom. The maximum Gasteiger partial charge on any atom is 0.222 e. The van der Waals surface area contributed by atoms with E-state index in [-0.39, 0.29) is 11.3 Å². The van der Waals surface area contributed by atoms with Crippen LogP contribution in [0.1, 0.15) is 48.3 Å². The maximum atomic E-state index is 12.5. The van der Waals surface area contributed by atoms with Crippen molar-refractivity contribution in [3.8, 4) is 0 Å². The number of hydrogen-bond donors (Lipinski definition) is 0. The molecule has 148 valence electrons. The number of carbonyl (C=O) groups excluding carboxylic acids is 1. The molecule has 1 spiro atoms. The molecule has 2 aliphatic rings. The first-order chi connectivity index (χ1) is 13.5. The molecular formula is C22H29N5O. The van der Waals surface area contributed by atoms with Gasteiger partial charge in [-0.15, -0.1) is 0 Å². The quantitative estimate of drug-likeness (QED) is 0.819. The van der Waals surface area contributed by atoms with Crippen molar-refractivity contribution in [1.29, 1.82) is 0 Å². The van der Waals surface area contributed by atoms with Crippen molar-refractivity contribution in [2.45, 2.75) is 53.0 Å². The van der Waals surface area contributed by atoms with Crippen LogP contribution in [0.3, 0.4) is 0 Å². The van der Waals surface area contributed by atoms with Gasteiger partial charge in [0, 0.05) is 56.3 Å². The van der Waals surface area contributed by atoms with Gasteiger partial charge >= 0.3 is 0 Å². The first-order valence-electron chi connectivity index (χ1n) is 10.2. The normalized spacial score (nSPS) is 19.3. The van der Waals surface area contributed by atoms with Crippen LogP contribution in [0.4, 0.5) is 5.82 Å². The molecule has 2 fully saturated rings. The second-order valence-corrected chi connectivity index (χ2v) is 8.40. The Morgan fingerprint density at radius 1 is 1.11 bits per heavy atom. The van der Waals surface area contributed by atoms with Crippen molar-refractivity contribution in [3.05, 3.63) is 47.2 Å². The number of aromatic nitrogens is 3. The molecule has 1 amide bonds. The monoisotopic (exact) mass is 379 g/mol. The summed E-state index contributed by atoms with van der Waals surface area (Å²) in [6.07, 6.45) is 7.50. The van der Waals surface area contributed by atoms with E-state index in [1.54, 1.807) is 6.20 Å². The molecule has 0 atom stereocenters. The minimum Gasteiger partial charge on any atom is -0.356 e. The number of likely N-dealkylation sites (tertiary alicyclic amines) is 1. The van der Waals surface area contributed by atoms with Gasteiger partial charge in [-0.3, -0.25) is 9.78 Å². The fourth-order valence-electron chi connectivity index (χ4n) is 4.62. The first kappa shape index (κ1) is 18.8. The van der Waals surface area contributed by atoms with Gasteiger partial charge in [-0.05, 0) is 57.1 Å². The van der Waals surface area contributed by atoms with Crippen LogP contribution in [0.15, 0.2) is 24.5 Å². The van der Waals surface area contributed by atoms with Gasteiger partial charge in [0.15, 0.2) is 0 Å². The van der Waals surface area contributed by atoms with Crippen molar-refractivity contribution < 1.29 is 4.79 Å². The fraction of sp³-hybridized carbons (Fsp3) is 0.545. The standard InChI is InChI=1S/C22H29N5O/c1-16-17(2)24-18(3)25-21(16)26-11-8-22(9-12-26)7-6-20(28)27(15-22)14-19-5-4-10-23-13-19/h4-5,10,13H,6-9,11-12,14-15H2,1-3H3. The van der Waals surface area contributed by atoms with Crippen molar-refractivity contribution in [1.82, 2.24) is 19.9 Å². The van der Waals surface area contributed by atoms with E-state index < -0.39 is 0 Å². The number of pyridine rings is 1. The molecule has 6 nitrogen and oxygen atoms in total. The van der Waals surface area contributed by atoms with Crippen molar-refractivity contribution >= 4 is 11.7 Å². The third-order valence-electron chi connectivity index (χ3n) is 6.44. The Hall–Kier alpha value is -2.50. The zero-order chi connectivity index (χ0) is 19.7. The number of amides is 1. The largest absolute Gasteiger partial charge is 0.356 e. The van der Waals surface area contributed by atoms with Gasteiger partial charge in [-0.2, -0.15) is 0 Å². The minimum absolute atomic E-state index is 0.234. The van der Waals surface area contributed by atoms with Gasteiger partial charge < -0.3 is 9.80 Å². The van der Waals surface area contributed by atoms with Crippen LogP contribution in [0.5, 0.6) is 0 Å². The molecule has 2 saturated heterocycles. The third-order valence-corrected chi connectivity index (χ3v) is 6.44. The van der Waals surface area contributed by atoms with Gasteiger partial charge in [0.25, 0.3) is 0 Å². The predicted octanol–water partition coefficient (Wildman–Crippen LogP) is 3.21. The summed E-state index contributed by atoms with van der Waals surface area (Å²) in [6, 6.07) is 3.98. The number of anilines is 1. The number of nitrogens with zero attached hydrogens (tertiary/aromatic N) is 5. The summed E-state index contributed by atoms with van der Waals surface area (Å²) in [5, 5.41) is 0. The molecular weight excluding hydrogens is 350 g/mol. The molecule has 4 heterocycles. The Kier molecular flexibility index (Phi) is 5.04. The van der Waals surface area contributed by atoms with E-state index in [4.69, 9.17) is 4.98 Å². The highest BCUT2D eigenvalue weighted by Gasteiger charge is 2.41. The van der Waals surface area contributed by atoms with E-state index in [0.717, 1.165) is 61.8 Å². The van der Waals surface area contributed by atoms with E-state index in [1.807, 2.05) is 30.2 Å². The Labute approximate surface area is 167 Å². The van der Waals surface area contributed by atoms with Crippen LogP contribution in [0, 0.1) is 26.2 Å². The number of rotatable bonds is 3. The van der Waals surface area contributed by atoms with Crippen LogP contribution in [0.25, 0.3) is 0 Å². The second kappa shape index (κ2) is 7.49. The van der Waals surface area contributed by atoms with E-state index >= 15 is 0 Å². The molecule has 28 heavy (non-hydrogen) atoms. The predicted molar refractivity (Wildman–Crippen MR) is 109 cm³/mol. The lowest BCUT2D eigenvalue weighted by Gasteiger charge is -2.48. The summed E-state index contributed by atoms with van der Waals surface area (Å²) in [6.45, 7) is 9.64. The van der Waals surface area contributed by atoms with Crippen LogP contribution in [0.2, 0.25) is 0 Å². The zero-order valence-electron chi connectivity index (χ0n) is 17.1. The molecule has 4 rings (SSSR count). The van der Waals surface area contributed by atoms with E-state index in [0.29, 0.717) is 13.0 Å². The molecule has 0 aromatic carbocycles. The lowest BCUT2D eigenvalue weighted by atomic mass is 9.72. The lowest BCUT2D eigenvalue weighted by molar-refractivity contribution is -0.139. The molecule has 0 saturated carbocycles. The molecule has 0 radical (unpaired) electrons. The number of hydrogen-bond acceptors (Lipinski definition) is 5. The highest BCUT2D eigenvalue weighted by Crippen LogP contribution is 2.41. The second-order valence-electron chi connectivity index (χ2n) is 8.40. The highest BCUT2D eigenvalue weighted by molar-refractivity contribution is 5.77. The van der Waals surface area contributed by atoms with Gasteiger partial charge in [-0.1, -0.05) is 6.07 Å². The SMILES string of the molecule is Cc1nc(C)c(C)c(N2CCC3(CCC(=O)N(Cc4cccnc4)C3)CC2)n1. The van der Waals surface area contributed by atoms with E-state index in [2.05, 4.69) is 28.7 Å². The van der Waals surface area contributed by atoms with Gasteiger partial charge in [0.1, 0.15) is 11.6 Å². The molecule has 0 aliphatic carbocycles. The molecule has 0 bridgehead atoms. The molecule has 2 aromatic rings. The van der Waals surface area contributed by atoms with Crippen molar-refractivity contribution in [2.75, 3.05) is 24.5 Å². The summed E-state index contributed by atoms with van der Waals surface area (Å²) in [4.78, 5) is 30.3. The molecule has 6 heteroatoms. The summed E-state index contributed by atoms with van der Waals surface area (Å²) in [5.41, 5.74) is 3.58. The fourth-order valence-corrected chi connectivity index (χ4v) is 4.62. The number of piperidine rings is 2. The molecule has 2 aromatic heterocycles. The maximum absolute atomic E-state index is 12.5.